The van der Waals surface area contributed by atoms with Crippen molar-refractivity contribution in [2.24, 2.45) is 0 Å². The summed E-state index contributed by atoms with van der Waals surface area (Å²) in [5.74, 6) is 1.23. The summed E-state index contributed by atoms with van der Waals surface area (Å²) >= 11 is 0. The lowest BCUT2D eigenvalue weighted by Gasteiger charge is -2.14. The normalized spacial score (nSPS) is 10.4. The third-order valence-corrected chi connectivity index (χ3v) is 4.11. The molecule has 0 spiro atoms. The van der Waals surface area contributed by atoms with Crippen LogP contribution in [0.5, 0.6) is 5.75 Å². The Balaban J connectivity index is 1.69. The fourth-order valence-electron chi connectivity index (χ4n) is 2.64. The number of amides is 1. The molecule has 0 aliphatic rings. The van der Waals surface area contributed by atoms with E-state index in [0.29, 0.717) is 17.3 Å². The maximum atomic E-state index is 13.8. The first-order valence-corrected chi connectivity index (χ1v) is 8.90. The molecule has 0 aliphatic carbocycles. The molecule has 29 heavy (non-hydrogen) atoms. The number of rotatable bonds is 6. The average Bonchev–Trinajstić information content (AvgIpc) is 2.69. The Hall–Kier alpha value is -3.68. The number of aryl methyl sites for hydroxylation is 1. The third-order valence-electron chi connectivity index (χ3n) is 4.11. The predicted octanol–water partition coefficient (Wildman–Crippen LogP) is 3.99. The van der Waals surface area contributed by atoms with Gasteiger partial charge in [-0.25, -0.2) is 14.4 Å². The molecule has 0 unspecified atom stereocenters. The Morgan fingerprint density at radius 1 is 1.03 bits per heavy atom. The summed E-state index contributed by atoms with van der Waals surface area (Å²) in [7, 11) is 5.20. The second-order valence-electron chi connectivity index (χ2n) is 6.56. The number of hydrogen-bond acceptors (Lipinski definition) is 6. The van der Waals surface area contributed by atoms with Gasteiger partial charge >= 0.3 is 0 Å². The summed E-state index contributed by atoms with van der Waals surface area (Å²) in [6.07, 6.45) is 0. The fraction of sp³-hybridized carbons (Fsp3) is 0.190. The first-order valence-electron chi connectivity index (χ1n) is 8.90. The molecule has 2 aromatic carbocycles. The smallest absolute Gasteiger partial charge is 0.255 e. The van der Waals surface area contributed by atoms with Gasteiger partial charge in [0.25, 0.3) is 5.91 Å². The molecule has 0 aliphatic heterocycles. The van der Waals surface area contributed by atoms with Crippen molar-refractivity contribution in [1.82, 2.24) is 9.97 Å². The number of carbonyl (C=O) groups is 1. The molecule has 1 aromatic heterocycles. The zero-order valence-electron chi connectivity index (χ0n) is 16.7. The van der Waals surface area contributed by atoms with Crippen molar-refractivity contribution in [2.45, 2.75) is 6.92 Å². The van der Waals surface area contributed by atoms with Crippen molar-refractivity contribution in [2.75, 3.05) is 36.7 Å². The number of halogens is 1. The van der Waals surface area contributed by atoms with Crippen LogP contribution in [-0.4, -0.2) is 37.1 Å². The van der Waals surface area contributed by atoms with Gasteiger partial charge in [0.1, 0.15) is 17.5 Å². The van der Waals surface area contributed by atoms with E-state index in [1.807, 2.05) is 44.1 Å². The number of benzene rings is 2. The number of nitrogens with zero attached hydrogens (tertiary/aromatic N) is 3. The van der Waals surface area contributed by atoms with Crippen molar-refractivity contribution in [3.8, 4) is 5.75 Å². The van der Waals surface area contributed by atoms with Crippen LogP contribution < -0.4 is 20.3 Å². The Bertz CT molecular complexity index is 1020. The van der Waals surface area contributed by atoms with Crippen LogP contribution in [0.1, 0.15) is 16.2 Å². The van der Waals surface area contributed by atoms with Crippen LogP contribution in [0, 0.1) is 12.7 Å². The number of ether oxygens (including phenoxy) is 1. The molecular weight excluding hydrogens is 373 g/mol. The van der Waals surface area contributed by atoms with E-state index < -0.39 is 11.7 Å². The predicted molar refractivity (Wildman–Crippen MR) is 112 cm³/mol. The van der Waals surface area contributed by atoms with Gasteiger partial charge in [-0.1, -0.05) is 0 Å². The Morgan fingerprint density at radius 3 is 2.34 bits per heavy atom. The standard InChI is InChI=1S/C21H22FN5O2/c1-13-23-19(12-20(24-13)27(2)3)25-15-6-8-16(9-7-15)26-21(28)14-5-10-18(29-4)17(22)11-14/h5-12H,1-4H3,(H,26,28)(H,23,24,25). The minimum atomic E-state index is -0.586. The second-order valence-corrected chi connectivity index (χ2v) is 6.56. The summed E-state index contributed by atoms with van der Waals surface area (Å²) in [6.45, 7) is 1.83. The van der Waals surface area contributed by atoms with Crippen LogP contribution >= 0.6 is 0 Å². The van der Waals surface area contributed by atoms with E-state index in [2.05, 4.69) is 20.6 Å². The molecule has 150 valence electrons. The monoisotopic (exact) mass is 395 g/mol. The molecule has 1 amide bonds. The molecule has 0 atom stereocenters. The Kier molecular flexibility index (Phi) is 5.92. The first-order chi connectivity index (χ1) is 13.9. The van der Waals surface area contributed by atoms with Gasteiger partial charge in [0, 0.05) is 37.1 Å². The molecule has 0 saturated carbocycles. The van der Waals surface area contributed by atoms with Gasteiger partial charge in [0.15, 0.2) is 11.6 Å². The third kappa shape index (κ3) is 4.98. The number of hydrogen-bond donors (Lipinski definition) is 2. The van der Waals surface area contributed by atoms with Crippen molar-refractivity contribution in [1.29, 1.82) is 0 Å². The van der Waals surface area contributed by atoms with Gasteiger partial charge in [-0.2, -0.15) is 0 Å². The summed E-state index contributed by atoms with van der Waals surface area (Å²) in [5, 5.41) is 5.96. The molecule has 0 saturated heterocycles. The van der Waals surface area contributed by atoms with E-state index in [1.165, 1.54) is 19.2 Å². The molecule has 2 N–H and O–H groups in total. The SMILES string of the molecule is COc1ccc(C(=O)Nc2ccc(Nc3cc(N(C)C)nc(C)n3)cc2)cc1F. The lowest BCUT2D eigenvalue weighted by Crippen LogP contribution is -2.13. The number of nitrogens with one attached hydrogen (secondary N) is 2. The van der Waals surface area contributed by atoms with Crippen molar-refractivity contribution >= 4 is 28.9 Å². The van der Waals surface area contributed by atoms with E-state index in [9.17, 15) is 9.18 Å². The topological polar surface area (TPSA) is 79.4 Å². The molecule has 0 radical (unpaired) electrons. The van der Waals surface area contributed by atoms with Crippen molar-refractivity contribution < 1.29 is 13.9 Å². The molecule has 3 rings (SSSR count). The zero-order valence-corrected chi connectivity index (χ0v) is 16.7. The summed E-state index contributed by atoms with van der Waals surface area (Å²) < 4.78 is 18.7. The highest BCUT2D eigenvalue weighted by atomic mass is 19.1. The molecular formula is C21H22FN5O2. The number of anilines is 4. The molecule has 1 heterocycles. The molecule has 0 bridgehead atoms. The maximum absolute atomic E-state index is 13.8. The minimum Gasteiger partial charge on any atom is -0.494 e. The minimum absolute atomic E-state index is 0.0920. The maximum Gasteiger partial charge on any atom is 0.255 e. The van der Waals surface area contributed by atoms with Crippen LogP contribution in [0.3, 0.4) is 0 Å². The molecule has 3 aromatic rings. The quantitative estimate of drug-likeness (QED) is 0.657. The number of carbonyl (C=O) groups excluding carboxylic acids is 1. The van der Waals surface area contributed by atoms with Crippen LogP contribution in [-0.2, 0) is 0 Å². The van der Waals surface area contributed by atoms with E-state index in [-0.39, 0.29) is 11.3 Å². The van der Waals surface area contributed by atoms with Gasteiger partial charge in [0.2, 0.25) is 0 Å². The van der Waals surface area contributed by atoms with E-state index >= 15 is 0 Å². The van der Waals surface area contributed by atoms with Gasteiger partial charge in [0.05, 0.1) is 7.11 Å². The summed E-state index contributed by atoms with van der Waals surface area (Å²) in [6, 6.07) is 13.1. The first kappa shape index (κ1) is 20.1. The lowest BCUT2D eigenvalue weighted by molar-refractivity contribution is 0.102. The van der Waals surface area contributed by atoms with E-state index in [4.69, 9.17) is 4.74 Å². The van der Waals surface area contributed by atoms with Gasteiger partial charge in [-0.05, 0) is 49.4 Å². The number of aromatic nitrogens is 2. The van der Waals surface area contributed by atoms with Gasteiger partial charge in [-0.15, -0.1) is 0 Å². The van der Waals surface area contributed by atoms with Gasteiger partial charge < -0.3 is 20.3 Å². The Morgan fingerprint density at radius 2 is 1.72 bits per heavy atom. The fourth-order valence-corrected chi connectivity index (χ4v) is 2.64. The summed E-state index contributed by atoms with van der Waals surface area (Å²) in [4.78, 5) is 23.0. The highest BCUT2D eigenvalue weighted by Crippen LogP contribution is 2.22. The zero-order chi connectivity index (χ0) is 21.0. The van der Waals surface area contributed by atoms with Crippen LogP contribution in [0.25, 0.3) is 0 Å². The summed E-state index contributed by atoms with van der Waals surface area (Å²) in [5.41, 5.74) is 1.60. The molecule has 8 heteroatoms. The van der Waals surface area contributed by atoms with Crippen LogP contribution in [0.4, 0.5) is 27.4 Å². The lowest BCUT2D eigenvalue weighted by atomic mass is 10.2. The number of methoxy groups -OCH3 is 1. The van der Waals surface area contributed by atoms with Gasteiger partial charge in [-0.3, -0.25) is 4.79 Å². The molecule has 0 fully saturated rings. The highest BCUT2D eigenvalue weighted by molar-refractivity contribution is 6.04. The Labute approximate surface area is 168 Å². The van der Waals surface area contributed by atoms with E-state index in [1.54, 1.807) is 12.1 Å². The highest BCUT2D eigenvalue weighted by Gasteiger charge is 2.11. The van der Waals surface area contributed by atoms with E-state index in [0.717, 1.165) is 17.6 Å². The second kappa shape index (κ2) is 8.55. The molecule has 7 nitrogen and oxygen atoms in total. The largest absolute Gasteiger partial charge is 0.494 e. The van der Waals surface area contributed by atoms with Crippen LogP contribution in [0.2, 0.25) is 0 Å². The van der Waals surface area contributed by atoms with Crippen molar-refractivity contribution in [3.63, 3.8) is 0 Å². The van der Waals surface area contributed by atoms with Crippen molar-refractivity contribution in [3.05, 3.63) is 65.7 Å². The average molecular weight is 395 g/mol. The van der Waals surface area contributed by atoms with Crippen LogP contribution in [0.15, 0.2) is 48.5 Å².